The lowest BCUT2D eigenvalue weighted by atomic mass is 10.1. The van der Waals surface area contributed by atoms with E-state index in [2.05, 4.69) is 398 Å². The molecule has 21 rings (SSSR count). The minimum atomic E-state index is 0.848. The summed E-state index contributed by atoms with van der Waals surface area (Å²) in [6.07, 6.45) is 1.10. The molecule has 0 atom stereocenters. The van der Waals surface area contributed by atoms with Crippen LogP contribution in [0.4, 0.5) is 11.4 Å². The summed E-state index contributed by atoms with van der Waals surface area (Å²) < 4.78 is 14.6. The lowest BCUT2D eigenvalue weighted by Gasteiger charge is -2.31. The number of para-hydroxylation sites is 7. The Labute approximate surface area is 690 Å². The Bertz CT molecular complexity index is 5640. The predicted octanol–water partition coefficient (Wildman–Crippen LogP) is 30.1. The third kappa shape index (κ3) is 21.8. The van der Waals surface area contributed by atoms with Crippen LogP contribution in [0.3, 0.4) is 0 Å². The molecule has 0 spiro atoms. The van der Waals surface area contributed by atoms with Crippen LogP contribution >= 0.6 is 35.3 Å². The summed E-state index contributed by atoms with van der Waals surface area (Å²) in [7, 11) is 3.28. The highest BCUT2D eigenvalue weighted by Gasteiger charge is 2.21. The van der Waals surface area contributed by atoms with Crippen molar-refractivity contribution in [2.75, 3.05) is 25.7 Å². The lowest BCUT2D eigenvalue weighted by molar-refractivity contribution is 0.403. The van der Waals surface area contributed by atoms with Gasteiger partial charge in [0.25, 0.3) is 0 Å². The first kappa shape index (κ1) is 80.1. The Hall–Kier alpha value is -13.0. The van der Waals surface area contributed by atoms with Crippen molar-refractivity contribution in [1.29, 1.82) is 0 Å². The van der Waals surface area contributed by atoms with Crippen LogP contribution in [0.2, 0.25) is 0 Å². The van der Waals surface area contributed by atoms with Crippen molar-refractivity contribution in [3.63, 3.8) is 0 Å². The van der Waals surface area contributed by atoms with E-state index < -0.39 is 0 Å². The molecule has 0 unspecified atom stereocenters. The molecule has 2 aromatic heterocycles. The molecular formula is C107H93N3O2S3. The Morgan fingerprint density at radius 1 is 0.270 bits per heavy atom. The van der Waals surface area contributed by atoms with Gasteiger partial charge in [-0.05, 0) is 187 Å². The zero-order chi connectivity index (χ0) is 78.9. The van der Waals surface area contributed by atoms with Gasteiger partial charge in [-0.3, -0.25) is 0 Å². The van der Waals surface area contributed by atoms with Crippen LogP contribution in [0.5, 0.6) is 11.5 Å². The number of rotatable bonds is 9. The zero-order valence-corrected chi connectivity index (χ0v) is 67.8. The molecule has 1 aliphatic carbocycles. The molecule has 0 saturated heterocycles. The molecule has 0 saturated carbocycles. The maximum absolute atomic E-state index is 4.96. The predicted molar refractivity (Wildman–Crippen MR) is 494 cm³/mol. The Balaban J connectivity index is 0.000000114. The van der Waals surface area contributed by atoms with Crippen LogP contribution < -0.4 is 14.4 Å². The first-order valence-corrected chi connectivity index (χ1v) is 41.4. The van der Waals surface area contributed by atoms with E-state index in [-0.39, 0.29) is 0 Å². The minimum Gasteiger partial charge on any atom is -0.497 e. The van der Waals surface area contributed by atoms with Crippen molar-refractivity contribution in [2.45, 2.75) is 56.2 Å². The molecule has 0 amide bonds. The van der Waals surface area contributed by atoms with Crippen molar-refractivity contribution in [3.8, 4) is 28.3 Å². The average molecular weight is 1550 g/mol. The SMILES string of the molecule is CCN1c2ccccc2Sc2ccccc21.CCn1c2ccccc2c2ccccc21.COc1ccc(OC)cc1.c1ccc(-n2c3ccccc3c3ccccc32)cc1.c1ccc(Sc2ccccc2)cc1.c1ccc(Sc2ccccc2)cc1.c1ccc2c(c1)Cc1ccccc1-2.c1ccc2ccccc2c1.c1ccccc1. The maximum Gasteiger partial charge on any atom is 0.119 e. The number of ether oxygens (including phenoxy) is 2. The van der Waals surface area contributed by atoms with Crippen LogP contribution in [-0.4, -0.2) is 29.9 Å². The molecule has 3 heterocycles. The Morgan fingerprint density at radius 2 is 0.548 bits per heavy atom. The fourth-order valence-electron chi connectivity index (χ4n) is 13.8. The van der Waals surface area contributed by atoms with E-state index in [0.29, 0.717) is 0 Å². The van der Waals surface area contributed by atoms with E-state index in [1.807, 2.05) is 96.7 Å². The molecule has 115 heavy (non-hydrogen) atoms. The van der Waals surface area contributed by atoms with E-state index in [0.717, 1.165) is 31.0 Å². The van der Waals surface area contributed by atoms with Crippen molar-refractivity contribution in [2.24, 2.45) is 0 Å². The van der Waals surface area contributed by atoms with Gasteiger partial charge in [-0.15, -0.1) is 0 Å². The van der Waals surface area contributed by atoms with Crippen molar-refractivity contribution < 1.29 is 9.47 Å². The van der Waals surface area contributed by atoms with Gasteiger partial charge in [0.15, 0.2) is 0 Å². The van der Waals surface area contributed by atoms with E-state index in [1.165, 1.54) is 123 Å². The minimum absolute atomic E-state index is 0.848. The summed E-state index contributed by atoms with van der Waals surface area (Å²) in [4.78, 5) is 10.2. The number of hydrogen-bond acceptors (Lipinski definition) is 6. The van der Waals surface area contributed by atoms with Gasteiger partial charge in [-0.1, -0.05) is 357 Å². The summed E-state index contributed by atoms with van der Waals surface area (Å²) in [5.41, 5.74) is 14.8. The maximum atomic E-state index is 4.96. The summed E-state index contributed by atoms with van der Waals surface area (Å²) in [5.74, 6) is 1.70. The average Bonchev–Trinajstić information content (AvgIpc) is 1.64. The van der Waals surface area contributed by atoms with E-state index in [9.17, 15) is 0 Å². The molecule has 0 radical (unpaired) electrons. The quantitative estimate of drug-likeness (QED) is 0.143. The third-order valence-electron chi connectivity index (χ3n) is 19.2. The van der Waals surface area contributed by atoms with Gasteiger partial charge in [0.05, 0.1) is 36.6 Å². The number of aryl methyl sites for hydroxylation is 1. The zero-order valence-electron chi connectivity index (χ0n) is 65.3. The molecule has 2 aliphatic rings. The molecule has 0 fully saturated rings. The van der Waals surface area contributed by atoms with E-state index in [4.69, 9.17) is 9.47 Å². The van der Waals surface area contributed by atoms with Crippen LogP contribution in [0, 0.1) is 0 Å². The number of aromatic nitrogens is 2. The third-order valence-corrected chi connectivity index (χ3v) is 22.4. The van der Waals surface area contributed by atoms with Gasteiger partial charge in [0.2, 0.25) is 0 Å². The molecule has 0 N–H and O–H groups in total. The van der Waals surface area contributed by atoms with Crippen molar-refractivity contribution in [1.82, 2.24) is 9.13 Å². The van der Waals surface area contributed by atoms with Gasteiger partial charge in [-0.25, -0.2) is 0 Å². The van der Waals surface area contributed by atoms with E-state index >= 15 is 0 Å². The number of nitrogens with zero attached hydrogens (tertiary/aromatic N) is 3. The smallest absolute Gasteiger partial charge is 0.119 e. The first-order chi connectivity index (χ1) is 56.9. The van der Waals surface area contributed by atoms with Crippen LogP contribution in [-0.2, 0) is 13.0 Å². The number of hydrogen-bond donors (Lipinski definition) is 0. The summed E-state index contributed by atoms with van der Waals surface area (Å²) in [5, 5.41) is 7.95. The topological polar surface area (TPSA) is 31.6 Å². The fourth-order valence-corrected chi connectivity index (χ4v) is 16.6. The normalized spacial score (nSPS) is 10.8. The number of fused-ring (bicyclic) bond motifs is 12. The lowest BCUT2D eigenvalue weighted by Crippen LogP contribution is -2.19. The van der Waals surface area contributed by atoms with Gasteiger partial charge in [-0.2, -0.15) is 0 Å². The molecule has 19 aromatic rings. The highest BCUT2D eigenvalue weighted by Crippen LogP contribution is 2.48. The second-order valence-electron chi connectivity index (χ2n) is 26.6. The second kappa shape index (κ2) is 42.6. The van der Waals surface area contributed by atoms with Gasteiger partial charge in [0, 0.05) is 80.7 Å². The van der Waals surface area contributed by atoms with Crippen LogP contribution in [0.15, 0.2) is 484 Å². The second-order valence-corrected chi connectivity index (χ2v) is 30.0. The molecular weight excluding hydrogens is 1460 g/mol. The molecule has 17 aromatic carbocycles. The van der Waals surface area contributed by atoms with Crippen LogP contribution in [0.25, 0.3) is 71.2 Å². The largest absolute Gasteiger partial charge is 0.497 e. The molecule has 566 valence electrons. The van der Waals surface area contributed by atoms with Gasteiger partial charge >= 0.3 is 0 Å². The number of anilines is 2. The fraction of sp³-hybridized carbons (Fsp3) is 0.0654. The monoisotopic (exact) mass is 1550 g/mol. The Morgan fingerprint density at radius 3 is 0.896 bits per heavy atom. The Kier molecular flexibility index (Phi) is 29.7. The van der Waals surface area contributed by atoms with E-state index in [1.54, 1.807) is 37.7 Å². The summed E-state index contributed by atoms with van der Waals surface area (Å²) in [6, 6.07) is 157. The highest BCUT2D eigenvalue weighted by molar-refractivity contribution is 8.00. The summed E-state index contributed by atoms with van der Waals surface area (Å²) >= 11 is 5.44. The molecule has 1 aliphatic heterocycles. The van der Waals surface area contributed by atoms with Gasteiger partial charge in [0.1, 0.15) is 11.5 Å². The number of methoxy groups -OCH3 is 2. The number of benzene rings is 17. The van der Waals surface area contributed by atoms with Crippen molar-refractivity contribution >= 4 is 101 Å². The highest BCUT2D eigenvalue weighted by atomic mass is 32.2. The van der Waals surface area contributed by atoms with Gasteiger partial charge < -0.3 is 23.5 Å². The standard InChI is InChI=1S/C18H13N.C14H13NS.C14H13N.C13H10.2C12H10S.C10H8.C8H10O2.C6H6/c1-2-8-14(9-3-1)19-17-12-6-4-10-15(17)16-11-5-7-13-18(16)19;1-2-15-11-7-3-5-9-13(11)16-14-10-6-4-8-12(14)15;1-2-15-13-9-5-3-7-11(13)12-8-4-6-10-14(12)15;1-3-7-12-10(5-1)9-11-6-2-4-8-13(11)12;2*1-3-7-11(8-4-1)13-12-9-5-2-6-10-12;1-2-6-10-8-4-3-7-9(10)5-1;1-9-7-3-5-8(10-2)6-4-7;1-2-4-6-5-3-1/h1-13H;3-10H,2H2,1H3;3-10H,2H2,1H3;1-8H,9H2;2*1-10H;1-8H;3-6H,1-2H3;1-6H. The van der Waals surface area contributed by atoms with Crippen LogP contribution in [0.1, 0.15) is 25.0 Å². The summed E-state index contributed by atoms with van der Waals surface area (Å²) in [6.45, 7) is 6.42. The van der Waals surface area contributed by atoms with Crippen molar-refractivity contribution in [3.05, 3.63) is 466 Å². The molecule has 0 bridgehead atoms. The first-order valence-electron chi connectivity index (χ1n) is 38.9. The molecule has 8 heteroatoms. The molecule has 5 nitrogen and oxygen atoms in total.